The Morgan fingerprint density at radius 1 is 1.20 bits per heavy atom. The molecule has 2 atom stereocenters. The SMILES string of the molecule is Cc1nc2c(-c3ccc(Cl)cc3F)nc([C@@H]3CCO[C@H](c4cnn(C(F)F)c4)C3)cn2c(=O)c1C. The lowest BCUT2D eigenvalue weighted by Crippen LogP contribution is -2.24. The summed E-state index contributed by atoms with van der Waals surface area (Å²) in [7, 11) is 0. The summed E-state index contributed by atoms with van der Waals surface area (Å²) in [5, 5.41) is 3.93. The van der Waals surface area contributed by atoms with Crippen LogP contribution < -0.4 is 5.56 Å². The molecular weight excluding hydrogens is 483 g/mol. The fourth-order valence-electron chi connectivity index (χ4n) is 4.34. The second-order valence-electron chi connectivity index (χ2n) is 8.57. The second-order valence-corrected chi connectivity index (χ2v) is 9.01. The lowest BCUT2D eigenvalue weighted by Gasteiger charge is -2.29. The smallest absolute Gasteiger partial charge is 0.333 e. The standard InChI is InChI=1S/C24H21ClF3N5O2/c1-12-13(2)30-22-21(17-4-3-16(25)8-18(17)26)31-19(11-32(22)23(12)34)14-5-6-35-20(7-14)15-9-29-33(10-15)24(27)28/h3-4,8-11,14,20,24H,5-7H2,1-2H3/t14-,20+/m1/s1. The molecule has 1 fully saturated rings. The van der Waals surface area contributed by atoms with Crippen LogP contribution in [0.3, 0.4) is 0 Å². The van der Waals surface area contributed by atoms with E-state index in [0.717, 1.165) is 0 Å². The van der Waals surface area contributed by atoms with Crippen LogP contribution in [0.5, 0.6) is 0 Å². The average Bonchev–Trinajstić information content (AvgIpc) is 3.34. The third-order valence-electron chi connectivity index (χ3n) is 6.38. The summed E-state index contributed by atoms with van der Waals surface area (Å²) in [6.45, 7) is 1.02. The number of aromatic nitrogens is 5. The highest BCUT2D eigenvalue weighted by atomic mass is 35.5. The quantitative estimate of drug-likeness (QED) is 0.373. The van der Waals surface area contributed by atoms with E-state index in [2.05, 4.69) is 10.1 Å². The Labute approximate surface area is 203 Å². The monoisotopic (exact) mass is 503 g/mol. The largest absolute Gasteiger partial charge is 0.373 e. The van der Waals surface area contributed by atoms with Crippen molar-refractivity contribution < 1.29 is 17.9 Å². The van der Waals surface area contributed by atoms with Gasteiger partial charge in [0.1, 0.15) is 11.5 Å². The number of alkyl halides is 2. The Hall–Kier alpha value is -3.24. The Morgan fingerprint density at radius 3 is 2.71 bits per heavy atom. The van der Waals surface area contributed by atoms with Gasteiger partial charge in [0.2, 0.25) is 0 Å². The van der Waals surface area contributed by atoms with Crippen LogP contribution in [0.4, 0.5) is 13.2 Å². The summed E-state index contributed by atoms with van der Waals surface area (Å²) in [4.78, 5) is 22.4. The summed E-state index contributed by atoms with van der Waals surface area (Å²) >= 11 is 5.94. The minimum Gasteiger partial charge on any atom is -0.373 e. The highest BCUT2D eigenvalue weighted by Crippen LogP contribution is 2.38. The molecule has 35 heavy (non-hydrogen) atoms. The predicted molar refractivity (Wildman–Crippen MR) is 123 cm³/mol. The summed E-state index contributed by atoms with van der Waals surface area (Å²) in [5.41, 5.74) is 2.47. The lowest BCUT2D eigenvalue weighted by molar-refractivity contribution is 0.00407. The van der Waals surface area contributed by atoms with Gasteiger partial charge in [0.15, 0.2) is 5.65 Å². The lowest BCUT2D eigenvalue weighted by atomic mass is 9.90. The number of fused-ring (bicyclic) bond motifs is 1. The first kappa shape index (κ1) is 23.5. The number of aryl methyl sites for hydroxylation is 1. The molecule has 5 rings (SSSR count). The predicted octanol–water partition coefficient (Wildman–Crippen LogP) is 5.39. The van der Waals surface area contributed by atoms with E-state index in [9.17, 15) is 18.0 Å². The fraction of sp³-hybridized carbons (Fsp3) is 0.333. The van der Waals surface area contributed by atoms with E-state index >= 15 is 0 Å². The van der Waals surface area contributed by atoms with Gasteiger partial charge in [-0.15, -0.1) is 0 Å². The molecule has 0 N–H and O–H groups in total. The van der Waals surface area contributed by atoms with Crippen LogP contribution in [0.2, 0.25) is 5.02 Å². The van der Waals surface area contributed by atoms with Crippen molar-refractivity contribution in [2.24, 2.45) is 0 Å². The molecule has 0 aliphatic carbocycles. The van der Waals surface area contributed by atoms with Gasteiger partial charge in [-0.1, -0.05) is 11.6 Å². The normalized spacial score (nSPS) is 18.5. The van der Waals surface area contributed by atoms with Crippen LogP contribution in [0, 0.1) is 19.7 Å². The van der Waals surface area contributed by atoms with Crippen molar-refractivity contribution in [1.29, 1.82) is 0 Å². The van der Waals surface area contributed by atoms with E-state index in [4.69, 9.17) is 21.3 Å². The van der Waals surface area contributed by atoms with Crippen molar-refractivity contribution >= 4 is 17.2 Å². The van der Waals surface area contributed by atoms with Gasteiger partial charge in [-0.2, -0.15) is 13.9 Å². The van der Waals surface area contributed by atoms with Crippen molar-refractivity contribution in [3.05, 3.63) is 80.5 Å². The molecule has 0 unspecified atom stereocenters. The topological polar surface area (TPSA) is 74.3 Å². The van der Waals surface area contributed by atoms with Gasteiger partial charge in [-0.3, -0.25) is 9.20 Å². The molecule has 182 valence electrons. The molecule has 4 heterocycles. The first-order chi connectivity index (χ1) is 16.7. The summed E-state index contributed by atoms with van der Waals surface area (Å²) in [6.07, 6.45) is 4.81. The fourth-order valence-corrected chi connectivity index (χ4v) is 4.50. The van der Waals surface area contributed by atoms with Crippen molar-refractivity contribution in [2.45, 2.75) is 45.3 Å². The van der Waals surface area contributed by atoms with Gasteiger partial charge < -0.3 is 4.74 Å². The van der Waals surface area contributed by atoms with Crippen molar-refractivity contribution in [2.75, 3.05) is 6.61 Å². The summed E-state index contributed by atoms with van der Waals surface area (Å²) in [6, 6.07) is 4.25. The highest BCUT2D eigenvalue weighted by molar-refractivity contribution is 6.30. The van der Waals surface area contributed by atoms with E-state index in [1.165, 1.54) is 28.9 Å². The van der Waals surface area contributed by atoms with Gasteiger partial charge in [0.05, 0.1) is 18.0 Å². The molecule has 4 aromatic rings. The van der Waals surface area contributed by atoms with Gasteiger partial charge in [0.25, 0.3) is 5.56 Å². The molecule has 0 spiro atoms. The van der Waals surface area contributed by atoms with Crippen LogP contribution in [-0.2, 0) is 4.74 Å². The Bertz CT molecular complexity index is 1490. The molecule has 1 saturated heterocycles. The zero-order chi connectivity index (χ0) is 24.9. The van der Waals surface area contributed by atoms with E-state index < -0.39 is 18.5 Å². The number of ether oxygens (including phenoxy) is 1. The molecular formula is C24H21ClF3N5O2. The maximum atomic E-state index is 14.9. The minimum atomic E-state index is -2.74. The number of halogens is 4. The number of hydrogen-bond acceptors (Lipinski definition) is 5. The van der Waals surface area contributed by atoms with Gasteiger partial charge in [-0.25, -0.2) is 19.0 Å². The summed E-state index contributed by atoms with van der Waals surface area (Å²) in [5.74, 6) is -0.753. The van der Waals surface area contributed by atoms with E-state index in [0.29, 0.717) is 46.6 Å². The molecule has 0 amide bonds. The minimum absolute atomic E-state index is 0.171. The first-order valence-corrected chi connectivity index (χ1v) is 11.4. The van der Waals surface area contributed by atoms with Crippen LogP contribution >= 0.6 is 11.6 Å². The zero-order valence-corrected chi connectivity index (χ0v) is 19.6. The summed E-state index contributed by atoms with van der Waals surface area (Å²) < 4.78 is 48.7. The third kappa shape index (κ3) is 4.32. The molecule has 0 bridgehead atoms. The Morgan fingerprint density at radius 2 is 2.00 bits per heavy atom. The van der Waals surface area contributed by atoms with Gasteiger partial charge in [0, 0.05) is 52.3 Å². The Kier molecular flexibility index (Phi) is 6.10. The van der Waals surface area contributed by atoms with Crippen LogP contribution in [0.25, 0.3) is 16.9 Å². The van der Waals surface area contributed by atoms with Gasteiger partial charge in [-0.05, 0) is 44.9 Å². The molecule has 3 aromatic heterocycles. The first-order valence-electron chi connectivity index (χ1n) is 11.0. The molecule has 1 aliphatic rings. The second kappa shape index (κ2) is 9.09. The number of benzene rings is 1. The van der Waals surface area contributed by atoms with E-state index in [1.54, 1.807) is 26.1 Å². The average molecular weight is 504 g/mol. The van der Waals surface area contributed by atoms with E-state index in [1.807, 2.05) is 0 Å². The molecule has 1 aliphatic heterocycles. The van der Waals surface area contributed by atoms with Crippen LogP contribution in [0.15, 0.2) is 41.6 Å². The van der Waals surface area contributed by atoms with Crippen LogP contribution in [-0.4, -0.2) is 30.8 Å². The third-order valence-corrected chi connectivity index (χ3v) is 6.61. The number of nitrogens with zero attached hydrogens (tertiary/aromatic N) is 5. The molecule has 0 saturated carbocycles. The number of hydrogen-bond donors (Lipinski definition) is 0. The van der Waals surface area contributed by atoms with Gasteiger partial charge >= 0.3 is 6.55 Å². The van der Waals surface area contributed by atoms with Crippen molar-refractivity contribution in [3.63, 3.8) is 0 Å². The highest BCUT2D eigenvalue weighted by Gasteiger charge is 2.29. The van der Waals surface area contributed by atoms with E-state index in [-0.39, 0.29) is 33.4 Å². The Balaban J connectivity index is 1.62. The maximum Gasteiger partial charge on any atom is 0.333 e. The maximum absolute atomic E-state index is 14.9. The molecule has 7 nitrogen and oxygen atoms in total. The van der Waals surface area contributed by atoms with Crippen molar-refractivity contribution in [3.8, 4) is 11.3 Å². The van der Waals surface area contributed by atoms with Crippen molar-refractivity contribution in [1.82, 2.24) is 24.1 Å². The number of rotatable bonds is 4. The van der Waals surface area contributed by atoms with Crippen LogP contribution in [0.1, 0.15) is 53.9 Å². The molecule has 11 heteroatoms. The molecule has 0 radical (unpaired) electrons. The molecule has 1 aromatic carbocycles. The zero-order valence-electron chi connectivity index (χ0n) is 18.9.